The summed E-state index contributed by atoms with van der Waals surface area (Å²) in [4.78, 5) is 24.3. The van der Waals surface area contributed by atoms with Crippen LogP contribution in [0.2, 0.25) is 0 Å². The molecule has 0 spiro atoms. The first kappa shape index (κ1) is 21.9. The fourth-order valence-electron chi connectivity index (χ4n) is 3.11. The number of hydrogen-bond acceptors (Lipinski definition) is 6. The maximum absolute atomic E-state index is 12.6. The molecule has 1 aliphatic heterocycles. The van der Waals surface area contributed by atoms with Crippen molar-refractivity contribution in [2.45, 2.75) is 17.7 Å². The Bertz CT molecular complexity index is 998. The van der Waals surface area contributed by atoms with Crippen LogP contribution in [0.5, 0.6) is 0 Å². The van der Waals surface area contributed by atoms with Crippen molar-refractivity contribution in [3.05, 3.63) is 59.7 Å². The van der Waals surface area contributed by atoms with Crippen molar-refractivity contribution in [1.82, 2.24) is 4.31 Å². The Morgan fingerprint density at radius 2 is 1.73 bits per heavy atom. The molecule has 160 valence electrons. The number of rotatable bonds is 7. The molecule has 0 unspecified atom stereocenters. The van der Waals surface area contributed by atoms with Crippen LogP contribution >= 0.6 is 0 Å². The summed E-state index contributed by atoms with van der Waals surface area (Å²) in [5.74, 6) is -0.778. The number of carbonyl (C=O) groups is 2. The lowest BCUT2D eigenvalue weighted by molar-refractivity contribution is -0.116. The molecule has 8 nitrogen and oxygen atoms in total. The zero-order valence-electron chi connectivity index (χ0n) is 16.7. The molecule has 0 aliphatic carbocycles. The number of esters is 1. The van der Waals surface area contributed by atoms with Crippen molar-refractivity contribution < 1.29 is 27.5 Å². The lowest BCUT2D eigenvalue weighted by Crippen LogP contribution is -2.40. The van der Waals surface area contributed by atoms with Gasteiger partial charge in [0.1, 0.15) is 0 Å². The van der Waals surface area contributed by atoms with Crippen molar-refractivity contribution in [1.29, 1.82) is 0 Å². The number of para-hydroxylation sites is 1. The van der Waals surface area contributed by atoms with Crippen LogP contribution in [-0.4, -0.2) is 58.0 Å². The van der Waals surface area contributed by atoms with E-state index in [2.05, 4.69) is 5.32 Å². The molecule has 3 rings (SSSR count). The summed E-state index contributed by atoms with van der Waals surface area (Å²) in [6.07, 6.45) is 0.620. The third-order valence-electron chi connectivity index (χ3n) is 4.78. The van der Waals surface area contributed by atoms with Gasteiger partial charge in [0.15, 0.2) is 0 Å². The molecule has 1 fully saturated rings. The minimum Gasteiger partial charge on any atom is -0.465 e. The van der Waals surface area contributed by atoms with Crippen molar-refractivity contribution in [2.75, 3.05) is 38.7 Å². The Balaban J connectivity index is 1.59. The van der Waals surface area contributed by atoms with Gasteiger partial charge in [-0.15, -0.1) is 0 Å². The van der Waals surface area contributed by atoms with E-state index in [1.165, 1.54) is 11.4 Å². The highest BCUT2D eigenvalue weighted by molar-refractivity contribution is 7.89. The van der Waals surface area contributed by atoms with Crippen LogP contribution in [0.1, 0.15) is 22.3 Å². The molecule has 1 heterocycles. The second-order valence-electron chi connectivity index (χ2n) is 6.75. The molecule has 2 aromatic carbocycles. The summed E-state index contributed by atoms with van der Waals surface area (Å²) >= 11 is 0. The summed E-state index contributed by atoms with van der Waals surface area (Å²) < 4.78 is 36.6. The predicted molar refractivity (Wildman–Crippen MR) is 111 cm³/mol. The standard InChI is InChI=1S/C21H24N2O6S/c1-28-21(25)18-4-2-3-5-19(18)22-20(24)11-8-16-6-9-17(10-7-16)30(26,27)23-12-14-29-15-13-23/h2-7,9-10H,8,11-15H2,1H3,(H,22,24). The minimum atomic E-state index is -3.54. The monoisotopic (exact) mass is 432 g/mol. The average Bonchev–Trinajstić information content (AvgIpc) is 2.78. The fourth-order valence-corrected chi connectivity index (χ4v) is 4.52. The number of carbonyl (C=O) groups excluding carboxylic acids is 2. The molecule has 1 saturated heterocycles. The van der Waals surface area contributed by atoms with Gasteiger partial charge < -0.3 is 14.8 Å². The highest BCUT2D eigenvalue weighted by Crippen LogP contribution is 2.19. The van der Waals surface area contributed by atoms with E-state index in [4.69, 9.17) is 9.47 Å². The van der Waals surface area contributed by atoms with Gasteiger partial charge in [-0.05, 0) is 36.2 Å². The van der Waals surface area contributed by atoms with E-state index < -0.39 is 16.0 Å². The first-order valence-corrected chi connectivity index (χ1v) is 11.0. The van der Waals surface area contributed by atoms with Gasteiger partial charge >= 0.3 is 5.97 Å². The van der Waals surface area contributed by atoms with Gasteiger partial charge in [0.2, 0.25) is 15.9 Å². The van der Waals surface area contributed by atoms with Crippen LogP contribution in [0.25, 0.3) is 0 Å². The van der Waals surface area contributed by atoms with Crippen LogP contribution in [0.15, 0.2) is 53.4 Å². The molecule has 30 heavy (non-hydrogen) atoms. The number of amides is 1. The highest BCUT2D eigenvalue weighted by atomic mass is 32.2. The molecule has 1 aliphatic rings. The zero-order chi connectivity index (χ0) is 21.6. The fraction of sp³-hybridized carbons (Fsp3) is 0.333. The number of benzene rings is 2. The largest absolute Gasteiger partial charge is 0.465 e. The van der Waals surface area contributed by atoms with E-state index in [1.807, 2.05) is 0 Å². The Labute approximate surface area is 175 Å². The first-order valence-electron chi connectivity index (χ1n) is 9.56. The SMILES string of the molecule is COC(=O)c1ccccc1NC(=O)CCc1ccc(S(=O)(=O)N2CCOCC2)cc1. The molecule has 0 bridgehead atoms. The summed E-state index contributed by atoms with van der Waals surface area (Å²) in [7, 11) is -2.25. The van der Waals surface area contributed by atoms with Gasteiger partial charge in [-0.25, -0.2) is 13.2 Å². The predicted octanol–water partition coefficient (Wildman–Crippen LogP) is 2.07. The topological polar surface area (TPSA) is 102 Å². The normalized spacial score (nSPS) is 14.8. The quantitative estimate of drug-likeness (QED) is 0.672. The second-order valence-corrected chi connectivity index (χ2v) is 8.68. The number of nitrogens with zero attached hydrogens (tertiary/aromatic N) is 1. The lowest BCUT2D eigenvalue weighted by Gasteiger charge is -2.26. The van der Waals surface area contributed by atoms with Crippen molar-refractivity contribution in [3.8, 4) is 0 Å². The van der Waals surface area contributed by atoms with Gasteiger partial charge in [-0.1, -0.05) is 24.3 Å². The maximum Gasteiger partial charge on any atom is 0.339 e. The number of anilines is 1. The summed E-state index contributed by atoms with van der Waals surface area (Å²) in [5.41, 5.74) is 1.51. The number of ether oxygens (including phenoxy) is 2. The number of morpholine rings is 1. The molecule has 1 N–H and O–H groups in total. The van der Waals surface area contributed by atoms with Crippen molar-refractivity contribution >= 4 is 27.6 Å². The summed E-state index contributed by atoms with van der Waals surface area (Å²) in [5, 5.41) is 2.72. The number of aryl methyl sites for hydroxylation is 1. The number of sulfonamides is 1. The van der Waals surface area contributed by atoms with Crippen molar-refractivity contribution in [3.63, 3.8) is 0 Å². The van der Waals surface area contributed by atoms with Crippen molar-refractivity contribution in [2.24, 2.45) is 0 Å². The minimum absolute atomic E-state index is 0.186. The van der Waals surface area contributed by atoms with E-state index >= 15 is 0 Å². The average molecular weight is 432 g/mol. The Kier molecular flexibility index (Phi) is 7.20. The van der Waals surface area contributed by atoms with Crippen LogP contribution in [0, 0.1) is 0 Å². The maximum atomic E-state index is 12.6. The van der Waals surface area contributed by atoms with E-state index in [0.717, 1.165) is 5.56 Å². The Morgan fingerprint density at radius 1 is 1.07 bits per heavy atom. The van der Waals surface area contributed by atoms with Gasteiger partial charge in [0.25, 0.3) is 0 Å². The highest BCUT2D eigenvalue weighted by Gasteiger charge is 2.26. The molecule has 1 amide bonds. The molecular formula is C21H24N2O6S. The van der Waals surface area contributed by atoms with Gasteiger partial charge in [0.05, 0.1) is 36.5 Å². The number of hydrogen-bond donors (Lipinski definition) is 1. The third-order valence-corrected chi connectivity index (χ3v) is 6.69. The lowest BCUT2D eigenvalue weighted by atomic mass is 10.1. The Hall–Kier alpha value is -2.75. The van der Waals surface area contributed by atoms with E-state index in [1.54, 1.807) is 48.5 Å². The molecule has 0 aromatic heterocycles. The molecule has 0 saturated carbocycles. The summed E-state index contributed by atoms with van der Waals surface area (Å²) in [6.45, 7) is 1.48. The van der Waals surface area contributed by atoms with Gasteiger partial charge in [0, 0.05) is 19.5 Å². The number of methoxy groups -OCH3 is 1. The Morgan fingerprint density at radius 3 is 2.40 bits per heavy atom. The van der Waals surface area contributed by atoms with Crippen LogP contribution in [0.3, 0.4) is 0 Å². The van der Waals surface area contributed by atoms with Crippen LogP contribution in [0.4, 0.5) is 5.69 Å². The number of nitrogens with one attached hydrogen (secondary N) is 1. The third kappa shape index (κ3) is 5.24. The molecule has 2 aromatic rings. The van der Waals surface area contributed by atoms with Gasteiger partial charge in [-0.3, -0.25) is 4.79 Å². The molecule has 0 atom stereocenters. The van der Waals surface area contributed by atoms with Crippen LogP contribution < -0.4 is 5.32 Å². The van der Waals surface area contributed by atoms with E-state index in [9.17, 15) is 18.0 Å². The van der Waals surface area contributed by atoms with E-state index in [-0.39, 0.29) is 22.8 Å². The van der Waals surface area contributed by atoms with Crippen LogP contribution in [-0.2, 0) is 30.7 Å². The van der Waals surface area contributed by atoms with E-state index in [0.29, 0.717) is 38.4 Å². The smallest absolute Gasteiger partial charge is 0.339 e. The molecule has 9 heteroatoms. The first-order chi connectivity index (χ1) is 14.4. The summed E-state index contributed by atoms with van der Waals surface area (Å²) in [6, 6.07) is 13.2. The second kappa shape index (κ2) is 9.84. The van der Waals surface area contributed by atoms with Gasteiger partial charge in [-0.2, -0.15) is 4.31 Å². The molecular weight excluding hydrogens is 408 g/mol. The zero-order valence-corrected chi connectivity index (χ0v) is 17.5. The molecule has 0 radical (unpaired) electrons.